The highest BCUT2D eigenvalue weighted by molar-refractivity contribution is 7.13. The van der Waals surface area contributed by atoms with Gasteiger partial charge in [-0.1, -0.05) is 41.9 Å². The fraction of sp³-hybridized carbons (Fsp3) is 0.0556. The second-order valence-corrected chi connectivity index (χ2v) is 6.52. The summed E-state index contributed by atoms with van der Waals surface area (Å²) in [7, 11) is 0. The minimum absolute atomic E-state index is 0.0716. The molecular formula is C18H14ClN3O2S. The third-order valence-electron chi connectivity index (χ3n) is 3.45. The molecule has 0 radical (unpaired) electrons. The van der Waals surface area contributed by atoms with Crippen LogP contribution in [0.1, 0.15) is 21.6 Å². The summed E-state index contributed by atoms with van der Waals surface area (Å²) < 4.78 is 0. The van der Waals surface area contributed by atoms with Crippen LogP contribution in [0, 0.1) is 6.92 Å². The number of aromatic carboxylic acids is 1. The topological polar surface area (TPSA) is 74.6 Å². The first-order chi connectivity index (χ1) is 12.0. The summed E-state index contributed by atoms with van der Waals surface area (Å²) in [6.45, 7) is 1.92. The molecule has 5 nitrogen and oxygen atoms in total. The molecule has 0 aliphatic carbocycles. The first-order valence-electron chi connectivity index (χ1n) is 7.38. The maximum atomic E-state index is 11.3. The number of anilines is 1. The number of carbonyl (C=O) groups is 1. The van der Waals surface area contributed by atoms with Crippen LogP contribution in [0.5, 0.6) is 0 Å². The molecule has 0 saturated heterocycles. The molecule has 0 bridgehead atoms. The maximum Gasteiger partial charge on any atom is 0.337 e. The van der Waals surface area contributed by atoms with Gasteiger partial charge in [0.05, 0.1) is 22.5 Å². The summed E-state index contributed by atoms with van der Waals surface area (Å²) in [6.07, 6.45) is 1.68. The number of nitrogens with one attached hydrogen (secondary N) is 1. The van der Waals surface area contributed by atoms with Crippen molar-refractivity contribution in [1.29, 1.82) is 0 Å². The molecule has 0 spiro atoms. The Morgan fingerprint density at radius 2 is 2.12 bits per heavy atom. The van der Waals surface area contributed by atoms with Gasteiger partial charge in [-0.2, -0.15) is 5.10 Å². The Kier molecular flexibility index (Phi) is 5.11. The van der Waals surface area contributed by atoms with E-state index in [0.29, 0.717) is 5.13 Å². The Morgan fingerprint density at radius 1 is 1.32 bits per heavy atom. The van der Waals surface area contributed by atoms with Gasteiger partial charge in [-0.15, -0.1) is 11.3 Å². The van der Waals surface area contributed by atoms with E-state index >= 15 is 0 Å². The number of aromatic nitrogens is 1. The van der Waals surface area contributed by atoms with E-state index in [1.165, 1.54) is 11.3 Å². The third kappa shape index (κ3) is 4.04. The molecule has 2 aromatic carbocycles. The highest BCUT2D eigenvalue weighted by Gasteiger charge is 2.11. The first kappa shape index (κ1) is 17.1. The lowest BCUT2D eigenvalue weighted by atomic mass is 9.98. The number of benzene rings is 2. The molecule has 1 heterocycles. The molecule has 1 aromatic heterocycles. The Bertz CT molecular complexity index is 953. The molecule has 7 heteroatoms. The molecule has 3 rings (SSSR count). The summed E-state index contributed by atoms with van der Waals surface area (Å²) in [5, 5.41) is 16.3. The van der Waals surface area contributed by atoms with Crippen molar-refractivity contribution < 1.29 is 9.90 Å². The first-order valence-corrected chi connectivity index (χ1v) is 8.64. The predicted molar refractivity (Wildman–Crippen MR) is 102 cm³/mol. The summed E-state index contributed by atoms with van der Waals surface area (Å²) in [5.41, 5.74) is 6.37. The smallest absolute Gasteiger partial charge is 0.337 e. The molecule has 126 valence electrons. The van der Waals surface area contributed by atoms with Crippen LogP contribution in [0.2, 0.25) is 5.02 Å². The summed E-state index contributed by atoms with van der Waals surface area (Å²) in [4.78, 5) is 15.6. The van der Waals surface area contributed by atoms with Crippen LogP contribution in [0.3, 0.4) is 0 Å². The van der Waals surface area contributed by atoms with Crippen molar-refractivity contribution in [2.24, 2.45) is 5.10 Å². The second kappa shape index (κ2) is 7.46. The molecule has 0 fully saturated rings. The van der Waals surface area contributed by atoms with Crippen molar-refractivity contribution in [2.75, 3.05) is 5.43 Å². The van der Waals surface area contributed by atoms with E-state index in [1.54, 1.807) is 24.4 Å². The number of nitrogens with zero attached hydrogens (tertiary/aromatic N) is 2. The number of halogens is 1. The minimum atomic E-state index is -1.06. The highest BCUT2D eigenvalue weighted by atomic mass is 35.5. The van der Waals surface area contributed by atoms with Gasteiger partial charge in [0.1, 0.15) is 0 Å². The number of thiazole rings is 1. The number of rotatable bonds is 5. The van der Waals surface area contributed by atoms with Crippen LogP contribution >= 0.6 is 22.9 Å². The molecule has 0 aliphatic rings. The zero-order chi connectivity index (χ0) is 17.8. The van der Waals surface area contributed by atoms with Crippen LogP contribution in [0.15, 0.2) is 52.9 Å². The van der Waals surface area contributed by atoms with Crippen LogP contribution in [-0.2, 0) is 0 Å². The molecule has 0 amide bonds. The highest BCUT2D eigenvalue weighted by Crippen LogP contribution is 2.27. The Hall–Kier alpha value is -2.70. The zero-order valence-electron chi connectivity index (χ0n) is 13.2. The van der Waals surface area contributed by atoms with Gasteiger partial charge in [0.2, 0.25) is 5.13 Å². The van der Waals surface area contributed by atoms with Crippen LogP contribution in [0.25, 0.3) is 11.1 Å². The largest absolute Gasteiger partial charge is 0.478 e. The summed E-state index contributed by atoms with van der Waals surface area (Å²) >= 11 is 7.43. The minimum Gasteiger partial charge on any atom is -0.478 e. The van der Waals surface area contributed by atoms with Crippen molar-refractivity contribution >= 4 is 40.3 Å². The van der Waals surface area contributed by atoms with Gasteiger partial charge in [-0.05, 0) is 30.2 Å². The lowest BCUT2D eigenvalue weighted by Gasteiger charge is -2.08. The SMILES string of the molecule is Cc1csc(NN=Cc2ccccc2-c2ccc(Cl)c(C(=O)O)c2)n1. The van der Waals surface area contributed by atoms with Crippen molar-refractivity contribution in [1.82, 2.24) is 4.98 Å². The quantitative estimate of drug-likeness (QED) is 0.493. The zero-order valence-corrected chi connectivity index (χ0v) is 14.8. The number of aryl methyl sites for hydroxylation is 1. The fourth-order valence-corrected chi connectivity index (χ4v) is 3.13. The molecule has 2 N–H and O–H groups in total. The molecule has 3 aromatic rings. The van der Waals surface area contributed by atoms with Gasteiger partial charge < -0.3 is 5.11 Å². The Labute approximate surface area is 153 Å². The van der Waals surface area contributed by atoms with Crippen molar-refractivity contribution in [3.63, 3.8) is 0 Å². The van der Waals surface area contributed by atoms with E-state index in [1.807, 2.05) is 36.6 Å². The van der Waals surface area contributed by atoms with E-state index in [4.69, 9.17) is 11.6 Å². The Balaban J connectivity index is 1.91. The predicted octanol–water partition coefficient (Wildman–Crippen LogP) is 4.92. The van der Waals surface area contributed by atoms with Crippen molar-refractivity contribution in [3.05, 3.63) is 69.7 Å². The van der Waals surface area contributed by atoms with Crippen molar-refractivity contribution in [2.45, 2.75) is 6.92 Å². The van der Waals surface area contributed by atoms with Gasteiger partial charge in [0.25, 0.3) is 0 Å². The van der Waals surface area contributed by atoms with E-state index < -0.39 is 5.97 Å². The average Bonchev–Trinajstić information content (AvgIpc) is 3.01. The number of hydrogen-bond acceptors (Lipinski definition) is 5. The van der Waals surface area contributed by atoms with Gasteiger partial charge in [0.15, 0.2) is 0 Å². The second-order valence-electron chi connectivity index (χ2n) is 5.25. The monoisotopic (exact) mass is 371 g/mol. The van der Waals surface area contributed by atoms with Crippen LogP contribution in [-0.4, -0.2) is 22.3 Å². The molecule has 0 saturated carbocycles. The van der Waals surface area contributed by atoms with Gasteiger partial charge >= 0.3 is 5.97 Å². The van der Waals surface area contributed by atoms with Gasteiger partial charge in [0, 0.05) is 10.9 Å². The van der Waals surface area contributed by atoms with E-state index in [9.17, 15) is 9.90 Å². The van der Waals surface area contributed by atoms with Gasteiger partial charge in [-0.25, -0.2) is 9.78 Å². The molecule has 0 atom stereocenters. The third-order valence-corrected chi connectivity index (χ3v) is 4.65. The molecular weight excluding hydrogens is 358 g/mol. The lowest BCUT2D eigenvalue weighted by molar-refractivity contribution is 0.0697. The van der Waals surface area contributed by atoms with E-state index in [2.05, 4.69) is 15.5 Å². The average molecular weight is 372 g/mol. The molecule has 0 aliphatic heterocycles. The lowest BCUT2D eigenvalue weighted by Crippen LogP contribution is -1.98. The standard InChI is InChI=1S/C18H14ClN3O2S/c1-11-10-25-18(21-11)22-20-9-13-4-2-3-5-14(13)12-6-7-16(19)15(8-12)17(23)24/h2-10H,1H3,(H,21,22)(H,23,24). The van der Waals surface area contributed by atoms with Crippen molar-refractivity contribution in [3.8, 4) is 11.1 Å². The molecule has 25 heavy (non-hydrogen) atoms. The number of carboxylic acid groups (broad SMARTS) is 1. The van der Waals surface area contributed by atoms with Gasteiger partial charge in [-0.3, -0.25) is 5.43 Å². The van der Waals surface area contributed by atoms with E-state index in [0.717, 1.165) is 22.4 Å². The van der Waals surface area contributed by atoms with E-state index in [-0.39, 0.29) is 10.6 Å². The van der Waals surface area contributed by atoms with Crippen LogP contribution < -0.4 is 5.43 Å². The maximum absolute atomic E-state index is 11.3. The number of carboxylic acids is 1. The number of hydrogen-bond donors (Lipinski definition) is 2. The normalized spacial score (nSPS) is 11.0. The fourth-order valence-electron chi connectivity index (χ4n) is 2.29. The Morgan fingerprint density at radius 3 is 2.84 bits per heavy atom. The number of hydrazone groups is 1. The van der Waals surface area contributed by atoms with Crippen LogP contribution in [0.4, 0.5) is 5.13 Å². The summed E-state index contributed by atoms with van der Waals surface area (Å²) in [5.74, 6) is -1.06. The molecule has 0 unspecified atom stereocenters. The summed E-state index contributed by atoms with van der Waals surface area (Å²) in [6, 6.07) is 12.5.